The van der Waals surface area contributed by atoms with Gasteiger partial charge >= 0.3 is 6.18 Å². The normalized spacial score (nSPS) is 16.7. The number of anilines is 1. The summed E-state index contributed by atoms with van der Waals surface area (Å²) >= 11 is 0. The molecular formula is C15H14F3N5O2. The van der Waals surface area contributed by atoms with Gasteiger partial charge in [0.1, 0.15) is 5.82 Å². The number of halogens is 3. The van der Waals surface area contributed by atoms with Crippen LogP contribution in [0.5, 0.6) is 0 Å². The van der Waals surface area contributed by atoms with Gasteiger partial charge in [0.05, 0.1) is 6.26 Å². The van der Waals surface area contributed by atoms with E-state index in [4.69, 9.17) is 4.74 Å². The summed E-state index contributed by atoms with van der Waals surface area (Å²) in [5.41, 5.74) is -1.04. The van der Waals surface area contributed by atoms with Gasteiger partial charge in [-0.25, -0.2) is 14.6 Å². The van der Waals surface area contributed by atoms with Crippen molar-refractivity contribution in [3.05, 3.63) is 42.2 Å². The van der Waals surface area contributed by atoms with Gasteiger partial charge in [0.25, 0.3) is 0 Å². The van der Waals surface area contributed by atoms with E-state index in [0.29, 0.717) is 6.42 Å². The van der Waals surface area contributed by atoms with Crippen LogP contribution < -0.4 is 5.32 Å². The molecule has 0 saturated carbocycles. The number of carbonyl (C=O) groups excluding carboxylic acids is 1. The van der Waals surface area contributed by atoms with Gasteiger partial charge in [0.2, 0.25) is 5.91 Å². The van der Waals surface area contributed by atoms with E-state index in [1.807, 2.05) is 0 Å². The van der Waals surface area contributed by atoms with Gasteiger partial charge in [0, 0.05) is 25.1 Å². The first kappa shape index (κ1) is 16.9. The Hall–Kier alpha value is -2.91. The minimum Gasteiger partial charge on any atom is -0.490 e. The Morgan fingerprint density at radius 2 is 2.24 bits per heavy atom. The molecular weight excluding hydrogens is 339 g/mol. The SMILES string of the molecule is CCC(=O)Nc1cc(-n2ccc(C(F)(F)F)n2)nc(C2CC=CO2)n1. The van der Waals surface area contributed by atoms with E-state index >= 15 is 0 Å². The average Bonchev–Trinajstić information content (AvgIpc) is 3.25. The van der Waals surface area contributed by atoms with Gasteiger partial charge in [-0.2, -0.15) is 18.3 Å². The van der Waals surface area contributed by atoms with Crippen LogP contribution in [0.2, 0.25) is 0 Å². The van der Waals surface area contributed by atoms with E-state index in [0.717, 1.165) is 16.9 Å². The number of nitrogens with one attached hydrogen (secondary N) is 1. The van der Waals surface area contributed by atoms with Crippen molar-refractivity contribution in [3.63, 3.8) is 0 Å². The molecule has 10 heteroatoms. The summed E-state index contributed by atoms with van der Waals surface area (Å²) in [5.74, 6) is 0.240. The number of aromatic nitrogens is 4. The first-order chi connectivity index (χ1) is 11.9. The fourth-order valence-corrected chi connectivity index (χ4v) is 2.16. The Morgan fingerprint density at radius 3 is 2.84 bits per heavy atom. The number of alkyl halides is 3. The molecule has 1 atom stereocenters. The molecule has 0 fully saturated rings. The summed E-state index contributed by atoms with van der Waals surface area (Å²) in [4.78, 5) is 20.0. The standard InChI is InChI=1S/C15H14F3N5O2/c1-2-13(24)19-11-8-12(21-14(20-11)9-4-3-7-25-9)23-6-5-10(22-23)15(16,17)18/h3,5-9H,2,4H2,1H3,(H,19,20,21,24). The average molecular weight is 353 g/mol. The monoisotopic (exact) mass is 353 g/mol. The molecule has 0 aliphatic carbocycles. The fraction of sp³-hybridized carbons (Fsp3) is 0.333. The summed E-state index contributed by atoms with van der Waals surface area (Å²) in [6.45, 7) is 1.67. The van der Waals surface area contributed by atoms with E-state index in [2.05, 4.69) is 20.4 Å². The highest BCUT2D eigenvalue weighted by atomic mass is 19.4. The zero-order valence-electron chi connectivity index (χ0n) is 13.1. The maximum Gasteiger partial charge on any atom is 0.435 e. The summed E-state index contributed by atoms with van der Waals surface area (Å²) < 4.78 is 44.6. The Labute approximate surface area is 140 Å². The fourth-order valence-electron chi connectivity index (χ4n) is 2.16. The van der Waals surface area contributed by atoms with Crippen molar-refractivity contribution in [1.29, 1.82) is 0 Å². The van der Waals surface area contributed by atoms with Gasteiger partial charge in [-0.05, 0) is 12.1 Å². The number of ether oxygens (including phenoxy) is 1. The lowest BCUT2D eigenvalue weighted by Gasteiger charge is -2.13. The van der Waals surface area contributed by atoms with Gasteiger partial charge < -0.3 is 10.1 Å². The van der Waals surface area contributed by atoms with Gasteiger partial charge in [0.15, 0.2) is 23.4 Å². The van der Waals surface area contributed by atoms with Crippen LogP contribution in [0.3, 0.4) is 0 Å². The van der Waals surface area contributed by atoms with Crippen LogP contribution in [-0.2, 0) is 15.7 Å². The number of rotatable bonds is 4. The van der Waals surface area contributed by atoms with Crippen LogP contribution in [0.15, 0.2) is 30.7 Å². The molecule has 0 aromatic carbocycles. The van der Waals surface area contributed by atoms with Crippen LogP contribution in [0.25, 0.3) is 5.82 Å². The molecule has 2 aromatic rings. The second-order valence-electron chi connectivity index (χ2n) is 5.25. The van der Waals surface area contributed by atoms with Gasteiger partial charge in [-0.1, -0.05) is 6.92 Å². The number of nitrogens with zero attached hydrogens (tertiary/aromatic N) is 4. The van der Waals surface area contributed by atoms with Crippen molar-refractivity contribution in [1.82, 2.24) is 19.7 Å². The smallest absolute Gasteiger partial charge is 0.435 e. The summed E-state index contributed by atoms with van der Waals surface area (Å²) in [7, 11) is 0. The Kier molecular flexibility index (Phi) is 4.43. The Bertz CT molecular complexity index is 808. The third-order valence-electron chi connectivity index (χ3n) is 3.41. The largest absolute Gasteiger partial charge is 0.490 e. The van der Waals surface area contributed by atoms with Gasteiger partial charge in [-0.15, -0.1) is 0 Å². The lowest BCUT2D eigenvalue weighted by atomic mass is 10.2. The van der Waals surface area contributed by atoms with Crippen LogP contribution >= 0.6 is 0 Å². The molecule has 0 spiro atoms. The molecule has 0 radical (unpaired) electrons. The first-order valence-electron chi connectivity index (χ1n) is 7.49. The highest BCUT2D eigenvalue weighted by Gasteiger charge is 2.34. The molecule has 1 unspecified atom stereocenters. The Morgan fingerprint density at radius 1 is 1.44 bits per heavy atom. The molecule has 7 nitrogen and oxygen atoms in total. The molecule has 0 saturated heterocycles. The second kappa shape index (κ2) is 6.54. The van der Waals surface area contributed by atoms with E-state index in [1.54, 1.807) is 13.0 Å². The number of amides is 1. The number of hydrogen-bond donors (Lipinski definition) is 1. The highest BCUT2D eigenvalue weighted by Crippen LogP contribution is 2.29. The predicted octanol–water partition coefficient (Wildman–Crippen LogP) is 3.00. The number of hydrogen-bond acceptors (Lipinski definition) is 5. The van der Waals surface area contributed by atoms with E-state index < -0.39 is 18.0 Å². The molecule has 3 rings (SSSR count). The first-order valence-corrected chi connectivity index (χ1v) is 7.49. The lowest BCUT2D eigenvalue weighted by Crippen LogP contribution is -2.15. The lowest BCUT2D eigenvalue weighted by molar-refractivity contribution is -0.141. The van der Waals surface area contributed by atoms with Crippen LogP contribution in [0.4, 0.5) is 19.0 Å². The van der Waals surface area contributed by atoms with Crippen molar-refractivity contribution < 1.29 is 22.7 Å². The van der Waals surface area contributed by atoms with Crippen molar-refractivity contribution in [2.24, 2.45) is 0 Å². The minimum absolute atomic E-state index is 0.0994. The number of carbonyl (C=O) groups is 1. The van der Waals surface area contributed by atoms with Crippen LogP contribution in [-0.4, -0.2) is 25.7 Å². The van der Waals surface area contributed by atoms with Crippen molar-refractivity contribution >= 4 is 11.7 Å². The van der Waals surface area contributed by atoms with Crippen molar-refractivity contribution in [2.45, 2.75) is 32.0 Å². The summed E-state index contributed by atoms with van der Waals surface area (Å²) in [5, 5.41) is 6.07. The molecule has 1 aliphatic heterocycles. The molecule has 2 aromatic heterocycles. The second-order valence-corrected chi connectivity index (χ2v) is 5.25. The minimum atomic E-state index is -4.56. The molecule has 1 N–H and O–H groups in total. The zero-order chi connectivity index (χ0) is 18.0. The van der Waals surface area contributed by atoms with E-state index in [9.17, 15) is 18.0 Å². The van der Waals surface area contributed by atoms with Crippen LogP contribution in [0, 0.1) is 0 Å². The highest BCUT2D eigenvalue weighted by molar-refractivity contribution is 5.89. The van der Waals surface area contributed by atoms with E-state index in [-0.39, 0.29) is 29.8 Å². The van der Waals surface area contributed by atoms with Crippen LogP contribution in [0.1, 0.15) is 37.4 Å². The molecule has 0 bridgehead atoms. The third-order valence-corrected chi connectivity index (χ3v) is 3.41. The summed E-state index contributed by atoms with van der Waals surface area (Å²) in [6, 6.07) is 2.20. The quantitative estimate of drug-likeness (QED) is 0.914. The third kappa shape index (κ3) is 3.78. The molecule has 1 amide bonds. The topological polar surface area (TPSA) is 81.9 Å². The molecule has 1 aliphatic rings. The van der Waals surface area contributed by atoms with Gasteiger partial charge in [-0.3, -0.25) is 4.79 Å². The maximum absolute atomic E-state index is 12.7. The molecule has 25 heavy (non-hydrogen) atoms. The molecule has 3 heterocycles. The maximum atomic E-state index is 12.7. The van der Waals surface area contributed by atoms with Crippen molar-refractivity contribution in [3.8, 4) is 5.82 Å². The van der Waals surface area contributed by atoms with E-state index in [1.165, 1.54) is 12.3 Å². The zero-order valence-corrected chi connectivity index (χ0v) is 13.1. The van der Waals surface area contributed by atoms with Crippen molar-refractivity contribution in [2.75, 3.05) is 5.32 Å². The summed E-state index contributed by atoms with van der Waals surface area (Å²) in [6.07, 6.45) is 0.164. The predicted molar refractivity (Wildman–Crippen MR) is 80.7 cm³/mol. The molecule has 132 valence electrons. The Balaban J connectivity index is 1.99.